The van der Waals surface area contributed by atoms with Gasteiger partial charge in [0.1, 0.15) is 36.8 Å². The van der Waals surface area contributed by atoms with Crippen LogP contribution in [0.3, 0.4) is 0 Å². The van der Waals surface area contributed by atoms with Gasteiger partial charge in [-0.2, -0.15) is 8.42 Å². The molecule has 0 aromatic rings. The van der Waals surface area contributed by atoms with Gasteiger partial charge in [-0.3, -0.25) is 14.1 Å². The lowest BCUT2D eigenvalue weighted by atomic mass is 10.00. The number of hydrogen-bond donors (Lipinski definition) is 4. The molecule has 0 aromatic carbocycles. The summed E-state index contributed by atoms with van der Waals surface area (Å²) in [7, 11) is -4.60. The van der Waals surface area contributed by atoms with Gasteiger partial charge < -0.3 is 34.3 Å². The smallest absolute Gasteiger partial charge is 0.306 e. The van der Waals surface area contributed by atoms with Crippen LogP contribution in [0.25, 0.3) is 0 Å². The van der Waals surface area contributed by atoms with E-state index in [-0.39, 0.29) is 19.4 Å². The van der Waals surface area contributed by atoms with Crippen LogP contribution in [0.5, 0.6) is 0 Å². The topological polar surface area (TPSA) is 186 Å². The molecule has 2 unspecified atom stereocenters. The van der Waals surface area contributed by atoms with Crippen molar-refractivity contribution in [3.05, 3.63) is 12.2 Å². The summed E-state index contributed by atoms with van der Waals surface area (Å²) >= 11 is 0. The lowest BCUT2D eigenvalue weighted by Gasteiger charge is -2.40. The van der Waals surface area contributed by atoms with E-state index in [4.69, 9.17) is 18.9 Å². The summed E-state index contributed by atoms with van der Waals surface area (Å²) in [6.07, 6.45) is 41.1. The van der Waals surface area contributed by atoms with Crippen molar-refractivity contribution < 1.29 is 56.8 Å². The van der Waals surface area contributed by atoms with Gasteiger partial charge in [0.05, 0.1) is 6.61 Å². The molecule has 13 heteroatoms. The molecule has 0 saturated carbocycles. The maximum atomic E-state index is 12.9. The molecule has 6 atom stereocenters. The van der Waals surface area contributed by atoms with Crippen LogP contribution in [-0.2, 0) is 38.7 Å². The molecule has 1 saturated heterocycles. The number of carbonyl (C=O) groups excluding carboxylic acids is 2. The van der Waals surface area contributed by atoms with Crippen LogP contribution in [0.4, 0.5) is 0 Å². The molecule has 396 valence electrons. The van der Waals surface area contributed by atoms with Gasteiger partial charge in [-0.1, -0.05) is 225 Å². The highest BCUT2D eigenvalue weighted by molar-refractivity contribution is 7.85. The Labute approximate surface area is 409 Å². The third kappa shape index (κ3) is 38.8. The molecule has 0 aliphatic carbocycles. The highest BCUT2D eigenvalue weighted by Crippen LogP contribution is 2.24. The first kappa shape index (κ1) is 63.4. The van der Waals surface area contributed by atoms with Crippen LogP contribution in [0.2, 0.25) is 0 Å². The van der Waals surface area contributed by atoms with Gasteiger partial charge in [-0.15, -0.1) is 0 Å². The van der Waals surface area contributed by atoms with Crippen molar-refractivity contribution in [2.75, 3.05) is 19.0 Å². The van der Waals surface area contributed by atoms with Gasteiger partial charge in [0, 0.05) is 12.8 Å². The summed E-state index contributed by atoms with van der Waals surface area (Å²) in [6, 6.07) is 0. The maximum absolute atomic E-state index is 12.9. The lowest BCUT2D eigenvalue weighted by Crippen LogP contribution is -2.60. The van der Waals surface area contributed by atoms with Crippen molar-refractivity contribution >= 4 is 22.1 Å². The molecule has 0 aromatic heterocycles. The predicted molar refractivity (Wildman–Crippen MR) is 270 cm³/mol. The van der Waals surface area contributed by atoms with Crippen LogP contribution in [0.1, 0.15) is 264 Å². The van der Waals surface area contributed by atoms with E-state index >= 15 is 0 Å². The third-order valence-corrected chi connectivity index (χ3v) is 13.8. The van der Waals surface area contributed by atoms with E-state index < -0.39 is 71.2 Å². The molecule has 0 spiro atoms. The lowest BCUT2D eigenvalue weighted by molar-refractivity contribution is -0.297. The highest BCUT2D eigenvalue weighted by Gasteiger charge is 2.46. The first-order valence-electron chi connectivity index (χ1n) is 27.7. The monoisotopic (exact) mass is 975 g/mol. The van der Waals surface area contributed by atoms with Gasteiger partial charge in [-0.05, 0) is 38.5 Å². The average Bonchev–Trinajstić information content (AvgIpc) is 3.30. The van der Waals surface area contributed by atoms with Crippen molar-refractivity contribution in [1.82, 2.24) is 0 Å². The zero-order chi connectivity index (χ0) is 49.1. The second-order valence-electron chi connectivity index (χ2n) is 19.6. The van der Waals surface area contributed by atoms with E-state index in [1.165, 1.54) is 186 Å². The number of aliphatic hydroxyl groups excluding tert-OH is 3. The molecular weight excluding hydrogens is 873 g/mol. The molecule has 1 aliphatic rings. The van der Waals surface area contributed by atoms with Crippen molar-refractivity contribution in [1.29, 1.82) is 0 Å². The Morgan fingerprint density at radius 2 is 0.851 bits per heavy atom. The van der Waals surface area contributed by atoms with Gasteiger partial charge >= 0.3 is 11.9 Å². The van der Waals surface area contributed by atoms with Crippen LogP contribution in [-0.4, -0.2) is 96.0 Å². The number of aliphatic hydroxyl groups is 3. The highest BCUT2D eigenvalue weighted by atomic mass is 32.2. The Balaban J connectivity index is 2.32. The van der Waals surface area contributed by atoms with Crippen LogP contribution >= 0.6 is 0 Å². The fourth-order valence-electron chi connectivity index (χ4n) is 8.79. The molecular formula is C54H102O12S. The number of allylic oxidation sites excluding steroid dienone is 2. The van der Waals surface area contributed by atoms with Gasteiger partial charge in [-0.25, -0.2) is 0 Å². The van der Waals surface area contributed by atoms with Gasteiger partial charge in [0.25, 0.3) is 10.1 Å². The summed E-state index contributed by atoms with van der Waals surface area (Å²) in [5, 5.41) is 31.0. The zero-order valence-electron chi connectivity index (χ0n) is 42.8. The molecule has 1 fully saturated rings. The molecule has 0 radical (unpaired) electrons. The summed E-state index contributed by atoms with van der Waals surface area (Å²) in [4.78, 5) is 25.6. The summed E-state index contributed by atoms with van der Waals surface area (Å²) in [5.41, 5.74) is 0. The minimum Gasteiger partial charge on any atom is -0.462 e. The fraction of sp³-hybridized carbons (Fsp3) is 0.926. The standard InChI is InChI=1S/C54H102O12S/c1-3-5-7-9-11-13-15-17-19-21-23-25-26-28-30-32-34-36-38-40-42-49(55)63-44-47(45-64-54-53(59)52(58)51(57)48(66-54)46-67(60,61)62)65-50(56)43-41-39-37-35-33-31-29-27-24-22-20-18-16-14-12-10-8-6-4-2/h18,20,47-48,51-54,57-59H,3-17,19,21-46H2,1-2H3,(H,60,61,62)/b20-18+/t47-,48-,51-,52?,53?,54+/m1/s1. The van der Waals surface area contributed by atoms with E-state index in [0.717, 1.165) is 38.5 Å². The summed E-state index contributed by atoms with van der Waals surface area (Å²) in [5.74, 6) is -1.96. The quantitative estimate of drug-likeness (QED) is 0.0196. The number of esters is 2. The maximum Gasteiger partial charge on any atom is 0.306 e. The molecule has 67 heavy (non-hydrogen) atoms. The summed E-state index contributed by atoms with van der Waals surface area (Å²) < 4.78 is 54.3. The fourth-order valence-corrected chi connectivity index (χ4v) is 9.48. The summed E-state index contributed by atoms with van der Waals surface area (Å²) in [6.45, 7) is 3.81. The number of rotatable bonds is 48. The first-order valence-corrected chi connectivity index (χ1v) is 29.4. The van der Waals surface area contributed by atoms with Crippen molar-refractivity contribution in [2.24, 2.45) is 0 Å². The van der Waals surface area contributed by atoms with Gasteiger partial charge in [0.2, 0.25) is 0 Å². The van der Waals surface area contributed by atoms with E-state index in [0.29, 0.717) is 12.8 Å². The molecule has 4 N–H and O–H groups in total. The van der Waals surface area contributed by atoms with Crippen LogP contribution < -0.4 is 0 Å². The SMILES string of the molecule is CCCCCCCC/C=C/CCCCCCCCCCCC(=O)O[C@H](COC(=O)CCCCCCCCCCCCCCCCCCCCCC)CO[C@H]1O[C@H](CS(=O)(=O)O)[C@@H](O)C(O)C1O. The number of unbranched alkanes of at least 4 members (excludes halogenated alkanes) is 34. The second-order valence-corrected chi connectivity index (χ2v) is 21.1. The Kier molecular flexibility index (Phi) is 42.0. The van der Waals surface area contributed by atoms with E-state index in [1.54, 1.807) is 0 Å². The molecule has 1 rings (SSSR count). The number of ether oxygens (including phenoxy) is 4. The molecule has 12 nitrogen and oxygen atoms in total. The van der Waals surface area contributed by atoms with E-state index in [9.17, 15) is 37.9 Å². The Morgan fingerprint density at radius 3 is 1.24 bits per heavy atom. The number of hydrogen-bond acceptors (Lipinski definition) is 11. The van der Waals surface area contributed by atoms with E-state index in [2.05, 4.69) is 26.0 Å². The minimum atomic E-state index is -4.60. The molecule has 1 aliphatic heterocycles. The first-order chi connectivity index (χ1) is 32.5. The Morgan fingerprint density at radius 1 is 0.493 bits per heavy atom. The number of carbonyl (C=O) groups is 2. The zero-order valence-corrected chi connectivity index (χ0v) is 43.6. The predicted octanol–water partition coefficient (Wildman–Crippen LogP) is 13.0. The van der Waals surface area contributed by atoms with Crippen molar-refractivity contribution in [3.63, 3.8) is 0 Å². The normalized spacial score (nSPS) is 19.3. The van der Waals surface area contributed by atoms with Crippen LogP contribution in [0, 0.1) is 0 Å². The van der Waals surface area contributed by atoms with Crippen LogP contribution in [0.15, 0.2) is 12.2 Å². The molecule has 0 bridgehead atoms. The largest absolute Gasteiger partial charge is 0.462 e. The van der Waals surface area contributed by atoms with Crippen molar-refractivity contribution in [3.8, 4) is 0 Å². The molecule has 1 heterocycles. The van der Waals surface area contributed by atoms with Crippen molar-refractivity contribution in [2.45, 2.75) is 301 Å². The average molecular weight is 975 g/mol. The second kappa shape index (κ2) is 44.3. The minimum absolute atomic E-state index is 0.167. The third-order valence-electron chi connectivity index (χ3n) is 13.1. The van der Waals surface area contributed by atoms with E-state index in [1.807, 2.05) is 0 Å². The Hall–Kier alpha value is -1.61. The molecule has 0 amide bonds. The van der Waals surface area contributed by atoms with Gasteiger partial charge in [0.15, 0.2) is 12.4 Å². The Bertz CT molecular complexity index is 1280.